The summed E-state index contributed by atoms with van der Waals surface area (Å²) in [6.45, 7) is 3.77. The number of hydrogen-bond acceptors (Lipinski definition) is 2. The van der Waals surface area contributed by atoms with E-state index in [1.54, 1.807) is 0 Å². The molecule has 2 rings (SSSR count). The van der Waals surface area contributed by atoms with E-state index in [1.807, 2.05) is 0 Å². The number of carbonyl (C=O) groups is 1. The highest BCUT2D eigenvalue weighted by Gasteiger charge is 2.41. The quantitative estimate of drug-likeness (QED) is 0.795. The van der Waals surface area contributed by atoms with Crippen LogP contribution in [0.25, 0.3) is 0 Å². The van der Waals surface area contributed by atoms with Crippen molar-refractivity contribution in [2.24, 2.45) is 23.0 Å². The predicted molar refractivity (Wildman–Crippen MR) is 72.1 cm³/mol. The van der Waals surface area contributed by atoms with Crippen molar-refractivity contribution in [1.29, 1.82) is 0 Å². The van der Waals surface area contributed by atoms with Crippen LogP contribution in [0.5, 0.6) is 0 Å². The first-order valence-electron chi connectivity index (χ1n) is 6.68. The molecule has 0 aliphatic heterocycles. The molecular formula is C13H25ClN2O. The summed E-state index contributed by atoms with van der Waals surface area (Å²) in [5.41, 5.74) is 6.15. The molecule has 2 atom stereocenters. The largest absolute Gasteiger partial charge is 0.355 e. The monoisotopic (exact) mass is 260 g/mol. The number of nitrogens with two attached hydrogens (primary N) is 1. The fraction of sp³-hybridized carbons (Fsp3) is 0.923. The van der Waals surface area contributed by atoms with Gasteiger partial charge in [-0.1, -0.05) is 13.3 Å². The Labute approximate surface area is 110 Å². The molecule has 0 saturated heterocycles. The topological polar surface area (TPSA) is 55.1 Å². The summed E-state index contributed by atoms with van der Waals surface area (Å²) in [4.78, 5) is 12.0. The molecule has 4 heteroatoms. The summed E-state index contributed by atoms with van der Waals surface area (Å²) in [6.07, 6.45) is 7.10. The highest BCUT2D eigenvalue weighted by molar-refractivity contribution is 5.85. The minimum absolute atomic E-state index is 0. The molecule has 3 N–H and O–H groups in total. The lowest BCUT2D eigenvalue weighted by Gasteiger charge is -2.20. The van der Waals surface area contributed by atoms with Gasteiger partial charge in [0.2, 0.25) is 5.91 Å². The average Bonchev–Trinajstić information content (AvgIpc) is 2.94. The normalized spacial score (nSPS) is 29.5. The van der Waals surface area contributed by atoms with Gasteiger partial charge in [-0.15, -0.1) is 12.4 Å². The first-order chi connectivity index (χ1) is 7.71. The third-order valence-corrected chi connectivity index (χ3v) is 4.64. The van der Waals surface area contributed by atoms with Crippen molar-refractivity contribution in [2.45, 2.75) is 45.4 Å². The minimum atomic E-state index is 0. The van der Waals surface area contributed by atoms with Crippen LogP contribution in [0, 0.1) is 17.3 Å². The summed E-state index contributed by atoms with van der Waals surface area (Å²) in [5, 5.41) is 3.15. The second-order valence-corrected chi connectivity index (χ2v) is 5.60. The van der Waals surface area contributed by atoms with Crippen molar-refractivity contribution in [2.75, 3.05) is 13.1 Å². The zero-order valence-corrected chi connectivity index (χ0v) is 11.5. The van der Waals surface area contributed by atoms with E-state index in [2.05, 4.69) is 12.2 Å². The van der Waals surface area contributed by atoms with Crippen LogP contribution in [0.2, 0.25) is 0 Å². The maximum absolute atomic E-state index is 12.0. The number of halogens is 1. The third-order valence-electron chi connectivity index (χ3n) is 4.64. The highest BCUT2D eigenvalue weighted by atomic mass is 35.5. The van der Waals surface area contributed by atoms with E-state index in [9.17, 15) is 4.79 Å². The van der Waals surface area contributed by atoms with Gasteiger partial charge in [-0.2, -0.15) is 0 Å². The van der Waals surface area contributed by atoms with Gasteiger partial charge >= 0.3 is 0 Å². The van der Waals surface area contributed by atoms with E-state index in [4.69, 9.17) is 5.73 Å². The van der Waals surface area contributed by atoms with Gasteiger partial charge in [-0.3, -0.25) is 4.79 Å². The van der Waals surface area contributed by atoms with Gasteiger partial charge < -0.3 is 11.1 Å². The Kier molecular flexibility index (Phi) is 5.26. The Bertz CT molecular complexity index is 266. The third kappa shape index (κ3) is 3.35. The molecule has 2 aliphatic carbocycles. The van der Waals surface area contributed by atoms with E-state index in [-0.39, 0.29) is 24.2 Å². The lowest BCUT2D eigenvalue weighted by atomic mass is 9.95. The van der Waals surface area contributed by atoms with Gasteiger partial charge in [0.15, 0.2) is 0 Å². The summed E-state index contributed by atoms with van der Waals surface area (Å²) >= 11 is 0. The molecule has 2 aliphatic rings. The van der Waals surface area contributed by atoms with Gasteiger partial charge in [-0.25, -0.2) is 0 Å². The number of carbonyl (C=O) groups excluding carboxylic acids is 1. The van der Waals surface area contributed by atoms with Crippen molar-refractivity contribution in [3.63, 3.8) is 0 Å². The fourth-order valence-corrected chi connectivity index (χ4v) is 2.90. The molecule has 0 aromatic heterocycles. The first kappa shape index (κ1) is 14.8. The standard InChI is InChI=1S/C13H24N2O.ClH/c1-2-13(6-7-13)9-15-12(16)11-5-3-4-10(11)8-14;/h10-11H,2-9,14H2,1H3,(H,15,16);1H/t10-,11-;/m1./s1. The number of nitrogens with one attached hydrogen (secondary N) is 1. The Balaban J connectivity index is 0.00000144. The summed E-state index contributed by atoms with van der Waals surface area (Å²) in [6, 6.07) is 0. The number of rotatable bonds is 5. The molecule has 1 amide bonds. The van der Waals surface area contributed by atoms with E-state index >= 15 is 0 Å². The second-order valence-electron chi connectivity index (χ2n) is 5.60. The Morgan fingerprint density at radius 2 is 2.12 bits per heavy atom. The van der Waals surface area contributed by atoms with Crippen LogP contribution in [0.4, 0.5) is 0 Å². The van der Waals surface area contributed by atoms with Crippen LogP contribution in [-0.2, 0) is 4.79 Å². The van der Waals surface area contributed by atoms with Crippen LogP contribution in [0.1, 0.15) is 45.4 Å². The van der Waals surface area contributed by atoms with Crippen LogP contribution < -0.4 is 11.1 Å². The highest BCUT2D eigenvalue weighted by Crippen LogP contribution is 2.48. The first-order valence-corrected chi connectivity index (χ1v) is 6.68. The number of amides is 1. The maximum Gasteiger partial charge on any atom is 0.223 e. The van der Waals surface area contributed by atoms with Crippen molar-refractivity contribution in [3.8, 4) is 0 Å². The molecule has 3 nitrogen and oxygen atoms in total. The average molecular weight is 261 g/mol. The molecule has 0 radical (unpaired) electrons. The van der Waals surface area contributed by atoms with Crippen LogP contribution in [0.3, 0.4) is 0 Å². The Hall–Kier alpha value is -0.280. The lowest BCUT2D eigenvalue weighted by molar-refractivity contribution is -0.126. The molecular weight excluding hydrogens is 236 g/mol. The van der Waals surface area contributed by atoms with Crippen LogP contribution >= 0.6 is 12.4 Å². The Morgan fingerprint density at radius 3 is 2.65 bits per heavy atom. The second kappa shape index (κ2) is 6.05. The molecule has 17 heavy (non-hydrogen) atoms. The van der Waals surface area contributed by atoms with E-state index in [1.165, 1.54) is 25.7 Å². The summed E-state index contributed by atoms with van der Waals surface area (Å²) < 4.78 is 0. The smallest absolute Gasteiger partial charge is 0.223 e. The summed E-state index contributed by atoms with van der Waals surface area (Å²) in [5.74, 6) is 0.877. The van der Waals surface area contributed by atoms with Gasteiger partial charge in [-0.05, 0) is 50.0 Å². The summed E-state index contributed by atoms with van der Waals surface area (Å²) in [7, 11) is 0. The molecule has 0 unspecified atom stereocenters. The van der Waals surface area contributed by atoms with Crippen LogP contribution in [-0.4, -0.2) is 19.0 Å². The van der Waals surface area contributed by atoms with E-state index < -0.39 is 0 Å². The predicted octanol–water partition coefficient (Wildman–Crippen LogP) is 2.09. The van der Waals surface area contributed by atoms with Crippen molar-refractivity contribution in [3.05, 3.63) is 0 Å². The van der Waals surface area contributed by atoms with Gasteiger partial charge in [0.05, 0.1) is 0 Å². The van der Waals surface area contributed by atoms with E-state index in [0.29, 0.717) is 17.9 Å². The zero-order valence-electron chi connectivity index (χ0n) is 10.7. The number of hydrogen-bond donors (Lipinski definition) is 2. The SMILES string of the molecule is CCC1(CNC(=O)[C@@H]2CCC[C@@H]2CN)CC1.Cl. The van der Waals surface area contributed by atoms with Crippen molar-refractivity contribution in [1.82, 2.24) is 5.32 Å². The molecule has 0 heterocycles. The Morgan fingerprint density at radius 1 is 1.41 bits per heavy atom. The van der Waals surface area contributed by atoms with Gasteiger partial charge in [0.25, 0.3) is 0 Å². The van der Waals surface area contributed by atoms with Crippen molar-refractivity contribution < 1.29 is 4.79 Å². The van der Waals surface area contributed by atoms with Crippen LogP contribution in [0.15, 0.2) is 0 Å². The molecule has 0 aromatic rings. The van der Waals surface area contributed by atoms with Gasteiger partial charge in [0.1, 0.15) is 0 Å². The maximum atomic E-state index is 12.0. The molecule has 0 spiro atoms. The van der Waals surface area contributed by atoms with E-state index in [0.717, 1.165) is 19.4 Å². The molecule has 0 aromatic carbocycles. The minimum Gasteiger partial charge on any atom is -0.355 e. The molecule has 0 bridgehead atoms. The molecule has 100 valence electrons. The van der Waals surface area contributed by atoms with Crippen molar-refractivity contribution >= 4 is 18.3 Å². The molecule has 2 saturated carbocycles. The zero-order chi connectivity index (χ0) is 11.6. The molecule has 2 fully saturated rings. The van der Waals surface area contributed by atoms with Gasteiger partial charge in [0, 0.05) is 12.5 Å². The lowest BCUT2D eigenvalue weighted by Crippen LogP contribution is -2.38. The fourth-order valence-electron chi connectivity index (χ4n) is 2.90.